The second kappa shape index (κ2) is 7.41. The molecule has 0 aliphatic carbocycles. The first kappa shape index (κ1) is 19.6. The van der Waals surface area contributed by atoms with Crippen LogP contribution in [0, 0.1) is 23.0 Å². The van der Waals surface area contributed by atoms with Gasteiger partial charge < -0.3 is 5.32 Å². The van der Waals surface area contributed by atoms with Gasteiger partial charge in [-0.05, 0) is 63.1 Å². The Morgan fingerprint density at radius 3 is 2.00 bits per heavy atom. The second-order valence-electron chi connectivity index (χ2n) is 8.52. The third-order valence-electron chi connectivity index (χ3n) is 3.43. The van der Waals surface area contributed by atoms with Gasteiger partial charge in [-0.3, -0.25) is 4.79 Å². The smallest absolute Gasteiger partial charge is 0.223 e. The Bertz CT molecular complexity index is 521. The number of carbonyl (C=O) groups excluding carboxylic acids is 1. The van der Waals surface area contributed by atoms with Crippen molar-refractivity contribution in [3.8, 4) is 0 Å². The summed E-state index contributed by atoms with van der Waals surface area (Å²) in [5.74, 6) is -1.33. The molecule has 0 bridgehead atoms. The molecule has 1 aromatic carbocycles. The molecule has 0 radical (unpaired) electrons. The molecule has 0 heterocycles. The summed E-state index contributed by atoms with van der Waals surface area (Å²) in [6, 6.07) is 3.53. The summed E-state index contributed by atoms with van der Waals surface area (Å²) in [4.78, 5) is 12.5. The summed E-state index contributed by atoms with van der Waals surface area (Å²) < 4.78 is 26.6. The molecular formula is C19H29F2NO. The maximum atomic E-state index is 13.3. The van der Waals surface area contributed by atoms with E-state index in [1.165, 1.54) is 12.1 Å². The van der Waals surface area contributed by atoms with Crippen LogP contribution in [-0.2, 0) is 11.2 Å². The van der Waals surface area contributed by atoms with E-state index in [0.29, 0.717) is 18.4 Å². The highest BCUT2D eigenvalue weighted by Crippen LogP contribution is 2.28. The number of amides is 1. The van der Waals surface area contributed by atoms with Gasteiger partial charge in [-0.25, -0.2) is 8.78 Å². The summed E-state index contributed by atoms with van der Waals surface area (Å²) in [5.41, 5.74) is 0.301. The first-order chi connectivity index (χ1) is 10.4. The maximum absolute atomic E-state index is 13.3. The van der Waals surface area contributed by atoms with E-state index < -0.39 is 11.6 Å². The Morgan fingerprint density at radius 2 is 1.57 bits per heavy atom. The lowest BCUT2D eigenvalue weighted by Gasteiger charge is -2.29. The van der Waals surface area contributed by atoms with Gasteiger partial charge in [0.1, 0.15) is 11.6 Å². The Balaban J connectivity index is 2.82. The van der Waals surface area contributed by atoms with Crippen molar-refractivity contribution in [1.29, 1.82) is 0 Å². The highest BCUT2D eigenvalue weighted by atomic mass is 19.1. The fourth-order valence-corrected chi connectivity index (χ4v) is 2.63. The lowest BCUT2D eigenvalue weighted by Crippen LogP contribution is -2.44. The average molecular weight is 325 g/mol. The quantitative estimate of drug-likeness (QED) is 0.822. The van der Waals surface area contributed by atoms with Crippen LogP contribution in [0.25, 0.3) is 0 Å². The van der Waals surface area contributed by atoms with Crippen molar-refractivity contribution in [1.82, 2.24) is 5.32 Å². The molecule has 1 N–H and O–H groups in total. The number of hydrogen-bond donors (Lipinski definition) is 1. The molecule has 2 nitrogen and oxygen atoms in total. The standard InChI is InChI=1S/C19H29F2NO/c1-18(2,3)12-14(17(23)22-19(4,5)6)8-7-13-9-15(20)11-16(21)10-13/h9-11,14H,7-8,12H2,1-6H3,(H,22,23). The molecule has 23 heavy (non-hydrogen) atoms. The molecule has 0 aliphatic heterocycles. The maximum Gasteiger partial charge on any atom is 0.223 e. The SMILES string of the molecule is CC(C)(C)CC(CCc1cc(F)cc(F)c1)C(=O)NC(C)(C)C. The number of halogens is 2. The molecule has 1 atom stereocenters. The van der Waals surface area contributed by atoms with Crippen LogP contribution in [0.4, 0.5) is 8.78 Å². The fourth-order valence-electron chi connectivity index (χ4n) is 2.63. The number of carbonyl (C=O) groups is 1. The minimum Gasteiger partial charge on any atom is -0.351 e. The van der Waals surface area contributed by atoms with Crippen LogP contribution in [0.5, 0.6) is 0 Å². The highest BCUT2D eigenvalue weighted by molar-refractivity contribution is 5.79. The van der Waals surface area contributed by atoms with Crippen LogP contribution in [0.2, 0.25) is 0 Å². The molecule has 0 aromatic heterocycles. The Hall–Kier alpha value is -1.45. The molecule has 4 heteroatoms. The molecule has 0 saturated carbocycles. The van der Waals surface area contributed by atoms with Crippen molar-refractivity contribution < 1.29 is 13.6 Å². The second-order valence-corrected chi connectivity index (χ2v) is 8.52. The monoisotopic (exact) mass is 325 g/mol. The average Bonchev–Trinajstić information content (AvgIpc) is 2.29. The van der Waals surface area contributed by atoms with Crippen LogP contribution >= 0.6 is 0 Å². The van der Waals surface area contributed by atoms with Gasteiger partial charge in [0.25, 0.3) is 0 Å². The lowest BCUT2D eigenvalue weighted by atomic mass is 9.81. The normalized spacial score (nSPS) is 13.7. The molecule has 1 unspecified atom stereocenters. The van der Waals surface area contributed by atoms with Gasteiger partial charge in [-0.2, -0.15) is 0 Å². The lowest BCUT2D eigenvalue weighted by molar-refractivity contribution is -0.127. The van der Waals surface area contributed by atoms with Crippen LogP contribution in [-0.4, -0.2) is 11.4 Å². The van der Waals surface area contributed by atoms with Gasteiger partial charge in [-0.15, -0.1) is 0 Å². The first-order valence-corrected chi connectivity index (χ1v) is 8.13. The topological polar surface area (TPSA) is 29.1 Å². The summed E-state index contributed by atoms with van der Waals surface area (Å²) in [7, 11) is 0. The summed E-state index contributed by atoms with van der Waals surface area (Å²) in [6.45, 7) is 12.1. The third kappa shape index (κ3) is 8.10. The van der Waals surface area contributed by atoms with Crippen LogP contribution < -0.4 is 5.32 Å². The van der Waals surface area contributed by atoms with Gasteiger partial charge in [0.15, 0.2) is 0 Å². The van der Waals surface area contributed by atoms with Crippen molar-refractivity contribution in [2.24, 2.45) is 11.3 Å². The molecule has 0 spiro atoms. The Labute approximate surface area is 138 Å². The largest absolute Gasteiger partial charge is 0.351 e. The minimum atomic E-state index is -0.577. The van der Waals surface area contributed by atoms with E-state index in [4.69, 9.17) is 0 Å². The number of nitrogens with one attached hydrogen (secondary N) is 1. The van der Waals surface area contributed by atoms with Gasteiger partial charge in [0, 0.05) is 17.5 Å². The van der Waals surface area contributed by atoms with Gasteiger partial charge >= 0.3 is 0 Å². The van der Waals surface area contributed by atoms with Gasteiger partial charge in [-0.1, -0.05) is 20.8 Å². The Kier molecular flexibility index (Phi) is 6.32. The van der Waals surface area contributed by atoms with Crippen LogP contribution in [0.3, 0.4) is 0 Å². The molecular weight excluding hydrogens is 296 g/mol. The van der Waals surface area contributed by atoms with Crippen molar-refractivity contribution in [2.45, 2.75) is 66.3 Å². The fraction of sp³-hybridized carbons (Fsp3) is 0.632. The number of benzene rings is 1. The zero-order valence-corrected chi connectivity index (χ0v) is 15.1. The van der Waals surface area contributed by atoms with E-state index in [-0.39, 0.29) is 22.8 Å². The van der Waals surface area contributed by atoms with E-state index in [0.717, 1.165) is 12.5 Å². The van der Waals surface area contributed by atoms with Crippen LogP contribution in [0.15, 0.2) is 18.2 Å². The van der Waals surface area contributed by atoms with E-state index in [2.05, 4.69) is 26.1 Å². The molecule has 1 amide bonds. The minimum absolute atomic E-state index is 0.00398. The third-order valence-corrected chi connectivity index (χ3v) is 3.43. The summed E-state index contributed by atoms with van der Waals surface area (Å²) in [5, 5.41) is 3.01. The molecule has 0 aliphatic rings. The van der Waals surface area contributed by atoms with E-state index >= 15 is 0 Å². The van der Waals surface area contributed by atoms with E-state index in [1.54, 1.807) is 0 Å². The predicted molar refractivity (Wildman–Crippen MR) is 90.1 cm³/mol. The highest BCUT2D eigenvalue weighted by Gasteiger charge is 2.27. The Morgan fingerprint density at radius 1 is 1.04 bits per heavy atom. The van der Waals surface area contributed by atoms with Crippen LogP contribution in [0.1, 0.15) is 59.9 Å². The van der Waals surface area contributed by atoms with Crippen molar-refractivity contribution in [2.75, 3.05) is 0 Å². The number of aryl methyl sites for hydroxylation is 1. The number of rotatable bonds is 5. The zero-order valence-electron chi connectivity index (χ0n) is 15.1. The first-order valence-electron chi connectivity index (χ1n) is 8.13. The molecule has 1 rings (SSSR count). The zero-order chi connectivity index (χ0) is 17.8. The molecule has 130 valence electrons. The van der Waals surface area contributed by atoms with E-state index in [9.17, 15) is 13.6 Å². The van der Waals surface area contributed by atoms with Crippen molar-refractivity contribution >= 4 is 5.91 Å². The molecule has 0 saturated heterocycles. The van der Waals surface area contributed by atoms with Gasteiger partial charge in [0.2, 0.25) is 5.91 Å². The predicted octanol–water partition coefficient (Wildman–Crippen LogP) is 4.86. The van der Waals surface area contributed by atoms with E-state index in [1.807, 2.05) is 20.8 Å². The summed E-state index contributed by atoms with van der Waals surface area (Å²) in [6.07, 6.45) is 1.78. The summed E-state index contributed by atoms with van der Waals surface area (Å²) >= 11 is 0. The van der Waals surface area contributed by atoms with Crippen molar-refractivity contribution in [3.05, 3.63) is 35.4 Å². The van der Waals surface area contributed by atoms with Gasteiger partial charge in [0.05, 0.1) is 0 Å². The molecule has 0 fully saturated rings. The van der Waals surface area contributed by atoms with Crippen molar-refractivity contribution in [3.63, 3.8) is 0 Å². The molecule has 1 aromatic rings. The number of hydrogen-bond acceptors (Lipinski definition) is 1.